The molecule has 1 amide bonds. The zero-order valence-electron chi connectivity index (χ0n) is 7.50. The smallest absolute Gasteiger partial charge is 0.232 e. The van der Waals surface area contributed by atoms with E-state index in [4.69, 9.17) is 11.5 Å². The third-order valence-electron chi connectivity index (χ3n) is 1.61. The second-order valence-corrected chi connectivity index (χ2v) is 2.98. The van der Waals surface area contributed by atoms with Crippen LogP contribution in [-0.2, 0) is 4.79 Å². The molecule has 0 aliphatic rings. The Morgan fingerprint density at radius 1 is 1.67 bits per heavy atom. The Morgan fingerprint density at radius 3 is 2.58 bits per heavy atom. The van der Waals surface area contributed by atoms with E-state index in [1.807, 2.05) is 13.8 Å². The summed E-state index contributed by atoms with van der Waals surface area (Å²) >= 11 is 0. The van der Waals surface area contributed by atoms with Crippen molar-refractivity contribution in [1.82, 2.24) is 5.32 Å². The Labute approximate surface area is 73.2 Å². The largest absolute Gasteiger partial charge is 0.394 e. The van der Waals surface area contributed by atoms with E-state index in [0.717, 1.165) is 0 Å². The van der Waals surface area contributed by atoms with Gasteiger partial charge in [-0.05, 0) is 5.92 Å². The topological polar surface area (TPSA) is 49.3 Å². The molecule has 2 N–H and O–H groups in total. The van der Waals surface area contributed by atoms with E-state index in [9.17, 15) is 4.79 Å². The van der Waals surface area contributed by atoms with Gasteiger partial charge in [-0.25, -0.2) is 0 Å². The number of amides is 1. The Hall–Kier alpha value is -1.01. The van der Waals surface area contributed by atoms with Gasteiger partial charge in [0.05, 0.1) is 19.1 Å². The average Bonchev–Trinajstić information content (AvgIpc) is 2.00. The number of terminal acetylenes is 1. The van der Waals surface area contributed by atoms with Crippen molar-refractivity contribution in [3.05, 3.63) is 0 Å². The number of rotatable bonds is 4. The lowest BCUT2D eigenvalue weighted by atomic mass is 10.1. The maximum atomic E-state index is 11.0. The minimum Gasteiger partial charge on any atom is -0.394 e. The van der Waals surface area contributed by atoms with Gasteiger partial charge in [0.1, 0.15) is 0 Å². The number of hydrogen-bond acceptors (Lipinski definition) is 2. The van der Waals surface area contributed by atoms with E-state index in [1.165, 1.54) is 0 Å². The predicted octanol–water partition coefficient (Wildman–Crippen LogP) is 0.143. The van der Waals surface area contributed by atoms with Crippen LogP contribution in [-0.4, -0.2) is 23.7 Å². The zero-order valence-corrected chi connectivity index (χ0v) is 7.50. The van der Waals surface area contributed by atoms with Gasteiger partial charge in [0.15, 0.2) is 0 Å². The first-order valence-corrected chi connectivity index (χ1v) is 3.95. The van der Waals surface area contributed by atoms with E-state index < -0.39 is 0 Å². The second kappa shape index (κ2) is 5.62. The van der Waals surface area contributed by atoms with Gasteiger partial charge in [-0.2, -0.15) is 0 Å². The summed E-state index contributed by atoms with van der Waals surface area (Å²) in [6, 6.07) is -0.189. The van der Waals surface area contributed by atoms with Crippen LogP contribution in [0, 0.1) is 18.3 Å². The van der Waals surface area contributed by atoms with Gasteiger partial charge in [-0.1, -0.05) is 19.8 Å². The van der Waals surface area contributed by atoms with E-state index in [2.05, 4.69) is 11.2 Å². The normalized spacial score (nSPS) is 12.2. The second-order valence-electron chi connectivity index (χ2n) is 2.98. The summed E-state index contributed by atoms with van der Waals surface area (Å²) in [6.07, 6.45) is 5.02. The lowest BCUT2D eigenvalue weighted by Gasteiger charge is -2.18. The van der Waals surface area contributed by atoms with Crippen LogP contribution >= 0.6 is 0 Å². The predicted molar refractivity (Wildman–Crippen MR) is 47.3 cm³/mol. The molecule has 0 unspecified atom stereocenters. The SMILES string of the molecule is C#CCC(=O)N[C@H](CO)C(C)C. The van der Waals surface area contributed by atoms with Crippen molar-refractivity contribution in [1.29, 1.82) is 0 Å². The molecule has 0 bridgehead atoms. The molecule has 3 nitrogen and oxygen atoms in total. The first-order chi connectivity index (χ1) is 5.61. The van der Waals surface area contributed by atoms with Crippen LogP contribution in [0.5, 0.6) is 0 Å². The summed E-state index contributed by atoms with van der Waals surface area (Å²) in [5.41, 5.74) is 0. The fraction of sp³-hybridized carbons (Fsp3) is 0.667. The van der Waals surface area contributed by atoms with Gasteiger partial charge in [-0.3, -0.25) is 4.79 Å². The van der Waals surface area contributed by atoms with Crippen LogP contribution in [0.15, 0.2) is 0 Å². The minimum absolute atomic E-state index is 0.0476. The third-order valence-corrected chi connectivity index (χ3v) is 1.61. The van der Waals surface area contributed by atoms with Gasteiger partial charge >= 0.3 is 0 Å². The third kappa shape index (κ3) is 3.99. The van der Waals surface area contributed by atoms with E-state index >= 15 is 0 Å². The van der Waals surface area contributed by atoms with E-state index in [1.54, 1.807) is 0 Å². The van der Waals surface area contributed by atoms with Gasteiger partial charge in [-0.15, -0.1) is 6.42 Å². The van der Waals surface area contributed by atoms with E-state index in [0.29, 0.717) is 0 Å². The number of aliphatic hydroxyl groups excluding tert-OH is 1. The van der Waals surface area contributed by atoms with Crippen molar-refractivity contribution in [2.75, 3.05) is 6.61 Å². The standard InChI is InChI=1S/C9H15NO2/c1-4-5-9(12)10-8(6-11)7(2)3/h1,7-8,11H,5-6H2,2-3H3,(H,10,12)/t8-/m1/s1. The highest BCUT2D eigenvalue weighted by molar-refractivity contribution is 5.78. The zero-order chi connectivity index (χ0) is 9.56. The van der Waals surface area contributed by atoms with Gasteiger partial charge in [0.2, 0.25) is 5.91 Å². The molecule has 0 heterocycles. The summed E-state index contributed by atoms with van der Waals surface area (Å²) in [6.45, 7) is 3.81. The molecule has 12 heavy (non-hydrogen) atoms. The summed E-state index contributed by atoms with van der Waals surface area (Å²) in [5.74, 6) is 2.26. The molecule has 0 aromatic heterocycles. The van der Waals surface area contributed by atoms with Crippen molar-refractivity contribution in [3.63, 3.8) is 0 Å². The average molecular weight is 169 g/mol. The molecule has 0 spiro atoms. The molecule has 3 heteroatoms. The molecule has 0 saturated heterocycles. The molecule has 0 radical (unpaired) electrons. The lowest BCUT2D eigenvalue weighted by molar-refractivity contribution is -0.121. The molecular formula is C9H15NO2. The molecule has 0 fully saturated rings. The molecule has 0 aromatic rings. The van der Waals surface area contributed by atoms with Crippen LogP contribution in [0.3, 0.4) is 0 Å². The molecule has 0 aliphatic carbocycles. The quantitative estimate of drug-likeness (QED) is 0.588. The first-order valence-electron chi connectivity index (χ1n) is 3.95. The number of carbonyl (C=O) groups excluding carboxylic acids is 1. The van der Waals surface area contributed by atoms with Crippen LogP contribution in [0.2, 0.25) is 0 Å². The van der Waals surface area contributed by atoms with Crippen molar-refractivity contribution in [3.8, 4) is 12.3 Å². The van der Waals surface area contributed by atoms with Crippen LogP contribution in [0.4, 0.5) is 0 Å². The fourth-order valence-corrected chi connectivity index (χ4v) is 0.774. The molecule has 0 rings (SSSR count). The Balaban J connectivity index is 3.87. The van der Waals surface area contributed by atoms with Gasteiger partial charge < -0.3 is 10.4 Å². The summed E-state index contributed by atoms with van der Waals surface area (Å²) < 4.78 is 0. The number of aliphatic hydroxyl groups is 1. The van der Waals surface area contributed by atoms with Crippen molar-refractivity contribution in [2.45, 2.75) is 26.3 Å². The number of nitrogens with one attached hydrogen (secondary N) is 1. The molecule has 1 atom stereocenters. The Morgan fingerprint density at radius 2 is 2.25 bits per heavy atom. The highest BCUT2D eigenvalue weighted by Crippen LogP contribution is 2.00. The Kier molecular flexibility index (Phi) is 5.14. The minimum atomic E-state index is -0.203. The van der Waals surface area contributed by atoms with Crippen LogP contribution in [0.1, 0.15) is 20.3 Å². The molecule has 0 aliphatic heterocycles. The maximum Gasteiger partial charge on any atom is 0.232 e. The van der Waals surface area contributed by atoms with Crippen molar-refractivity contribution in [2.24, 2.45) is 5.92 Å². The molecule has 68 valence electrons. The number of carbonyl (C=O) groups is 1. The summed E-state index contributed by atoms with van der Waals surface area (Å²) in [5, 5.41) is 11.5. The summed E-state index contributed by atoms with van der Waals surface area (Å²) in [7, 11) is 0. The highest BCUT2D eigenvalue weighted by atomic mass is 16.3. The maximum absolute atomic E-state index is 11.0. The molecule has 0 aromatic carbocycles. The van der Waals surface area contributed by atoms with Crippen LogP contribution in [0.25, 0.3) is 0 Å². The van der Waals surface area contributed by atoms with E-state index in [-0.39, 0.29) is 30.9 Å². The summed E-state index contributed by atoms with van der Waals surface area (Å²) in [4.78, 5) is 11.0. The van der Waals surface area contributed by atoms with Gasteiger partial charge in [0.25, 0.3) is 0 Å². The Bertz CT molecular complexity index is 181. The molecular weight excluding hydrogens is 154 g/mol. The molecule has 0 saturated carbocycles. The number of hydrogen-bond donors (Lipinski definition) is 2. The van der Waals surface area contributed by atoms with Crippen molar-refractivity contribution < 1.29 is 9.90 Å². The fourth-order valence-electron chi connectivity index (χ4n) is 0.774. The lowest BCUT2D eigenvalue weighted by Crippen LogP contribution is -2.40. The van der Waals surface area contributed by atoms with Crippen molar-refractivity contribution >= 4 is 5.91 Å². The van der Waals surface area contributed by atoms with Gasteiger partial charge in [0, 0.05) is 0 Å². The monoisotopic (exact) mass is 169 g/mol. The first kappa shape index (κ1) is 11.0. The van der Waals surface area contributed by atoms with Crippen LogP contribution < -0.4 is 5.32 Å². The highest BCUT2D eigenvalue weighted by Gasteiger charge is 2.13.